The number of pyridine rings is 1. The van der Waals surface area contributed by atoms with Crippen LogP contribution < -0.4 is 41.5 Å². The molecule has 7 aromatic rings. The van der Waals surface area contributed by atoms with Gasteiger partial charge in [0.2, 0.25) is 27.7 Å². The number of benzene rings is 4. The first-order chi connectivity index (χ1) is 31.3. The minimum absolute atomic E-state index is 0.00115. The van der Waals surface area contributed by atoms with Crippen molar-refractivity contribution in [3.8, 4) is 69.3 Å². The Hall–Kier alpha value is -9.50. The van der Waals surface area contributed by atoms with Crippen LogP contribution in [0.1, 0.15) is 5.69 Å². The molecule has 0 spiro atoms. The third-order valence-corrected chi connectivity index (χ3v) is 9.84. The molecule has 0 saturated heterocycles. The summed E-state index contributed by atoms with van der Waals surface area (Å²) in [6, 6.07) is 33.6. The van der Waals surface area contributed by atoms with Crippen LogP contribution in [0.2, 0.25) is 0 Å². The molecule has 320 valence electrons. The first kappa shape index (κ1) is 43.6. The summed E-state index contributed by atoms with van der Waals surface area (Å²) in [4.78, 5) is 46.3. The Morgan fingerprint density at radius 1 is 0.646 bits per heavy atom. The van der Waals surface area contributed by atoms with Gasteiger partial charge < -0.3 is 36.3 Å². The third-order valence-electron chi connectivity index (χ3n) is 8.92. The number of nitrogens with zero attached hydrogens (tertiary/aromatic N) is 7. The van der Waals surface area contributed by atoms with E-state index >= 15 is 0 Å². The molecule has 65 heavy (non-hydrogen) atoms. The highest BCUT2D eigenvalue weighted by Gasteiger charge is 2.19. The largest absolute Gasteiger partial charge is 0.439 e. The van der Waals surface area contributed by atoms with Crippen molar-refractivity contribution >= 4 is 50.9 Å². The van der Waals surface area contributed by atoms with Gasteiger partial charge in [-0.1, -0.05) is 49.0 Å². The summed E-state index contributed by atoms with van der Waals surface area (Å²) in [5.41, 5.74) is 14.3. The summed E-state index contributed by atoms with van der Waals surface area (Å²) in [5, 5.41) is 29.5. The Morgan fingerprint density at radius 2 is 1.22 bits per heavy atom. The van der Waals surface area contributed by atoms with Crippen LogP contribution in [0.5, 0.6) is 34.9 Å². The van der Waals surface area contributed by atoms with Crippen molar-refractivity contribution in [2.45, 2.75) is 4.90 Å². The Kier molecular flexibility index (Phi) is 12.8. The van der Waals surface area contributed by atoms with Crippen LogP contribution in [-0.2, 0) is 19.6 Å². The van der Waals surface area contributed by atoms with E-state index in [1.807, 2.05) is 6.07 Å². The van der Waals surface area contributed by atoms with Gasteiger partial charge in [-0.2, -0.15) is 10.5 Å². The molecule has 8 N–H and O–H groups in total. The van der Waals surface area contributed by atoms with E-state index in [0.29, 0.717) is 33.9 Å². The van der Waals surface area contributed by atoms with Gasteiger partial charge in [0.15, 0.2) is 0 Å². The molecule has 7 rings (SSSR count). The first-order valence-corrected chi connectivity index (χ1v) is 20.3. The minimum Gasteiger partial charge on any atom is -0.439 e. The maximum Gasteiger partial charge on any atom is 0.266 e. The fourth-order valence-corrected chi connectivity index (χ4v) is 6.48. The van der Waals surface area contributed by atoms with Crippen molar-refractivity contribution < 1.29 is 32.2 Å². The van der Waals surface area contributed by atoms with Gasteiger partial charge in [-0.15, -0.1) is 0 Å². The maximum absolute atomic E-state index is 13.3. The van der Waals surface area contributed by atoms with Crippen molar-refractivity contribution in [2.24, 2.45) is 5.14 Å². The molecule has 20 heteroatoms. The summed E-state index contributed by atoms with van der Waals surface area (Å²) in [6.07, 6.45) is 3.72. The van der Waals surface area contributed by atoms with Gasteiger partial charge in [0, 0.05) is 29.6 Å². The zero-order valence-electron chi connectivity index (χ0n) is 33.5. The van der Waals surface area contributed by atoms with Gasteiger partial charge >= 0.3 is 0 Å². The molecule has 0 aliphatic rings. The van der Waals surface area contributed by atoms with Gasteiger partial charge in [-0.3, -0.25) is 9.59 Å². The van der Waals surface area contributed by atoms with Gasteiger partial charge in [-0.05, 0) is 71.8 Å². The second-order valence-electron chi connectivity index (χ2n) is 13.4. The standard InChI is InChI=1S/C45H32N12O7S/c1-26(22-46)42(58)56-31-7-3-10-34(20-31)63-44-38(40(48)51-24-53-44)27-14-16-33(17-15-27)62-37-13-5-9-30(55-37)18-29(23-47)43(59)57-32-8-4-11-35(21-32)64-45-39(41(49)52-25-54-45)28-6-2-12-36(19-28)65(50,60)61/h2-21,24-25H,1H2,(H,56,58)(H,57,59)(H2,48,51,53)(H2,49,52,54)(H2,50,60,61). The molecule has 3 heterocycles. The summed E-state index contributed by atoms with van der Waals surface area (Å²) in [7, 11) is -4.03. The average Bonchev–Trinajstić information content (AvgIpc) is 3.28. The van der Waals surface area contributed by atoms with Crippen LogP contribution in [0.25, 0.3) is 28.3 Å². The number of hydrogen-bond acceptors (Lipinski definition) is 16. The number of ether oxygens (including phenoxy) is 3. The van der Waals surface area contributed by atoms with Crippen LogP contribution in [0, 0.1) is 22.7 Å². The summed E-state index contributed by atoms with van der Waals surface area (Å²) >= 11 is 0. The number of carbonyl (C=O) groups is 2. The molecule has 4 aromatic carbocycles. The number of nitrogen functional groups attached to an aromatic ring is 2. The average molecular weight is 885 g/mol. The number of nitrogens with two attached hydrogens (primary N) is 3. The van der Waals surface area contributed by atoms with Crippen molar-refractivity contribution in [2.75, 3.05) is 22.1 Å². The lowest BCUT2D eigenvalue weighted by Crippen LogP contribution is -2.13. The Bertz CT molecular complexity index is 3240. The summed E-state index contributed by atoms with van der Waals surface area (Å²) < 4.78 is 42.0. The molecule has 0 bridgehead atoms. The molecule has 2 amide bonds. The van der Waals surface area contributed by atoms with E-state index < -0.39 is 21.8 Å². The van der Waals surface area contributed by atoms with E-state index in [0.717, 1.165) is 0 Å². The van der Waals surface area contributed by atoms with E-state index in [9.17, 15) is 23.3 Å². The quantitative estimate of drug-likeness (QED) is 0.0557. The number of sulfonamides is 1. The van der Waals surface area contributed by atoms with E-state index in [-0.39, 0.29) is 68.0 Å². The van der Waals surface area contributed by atoms with Gasteiger partial charge in [0.25, 0.3) is 11.8 Å². The second-order valence-corrected chi connectivity index (χ2v) is 15.0. The molecule has 3 aromatic heterocycles. The number of rotatable bonds is 14. The van der Waals surface area contributed by atoms with Crippen molar-refractivity contribution in [3.63, 3.8) is 0 Å². The molecular weight excluding hydrogens is 853 g/mol. The van der Waals surface area contributed by atoms with Crippen LogP contribution in [0.15, 0.2) is 151 Å². The van der Waals surface area contributed by atoms with Crippen LogP contribution in [-0.4, -0.2) is 45.2 Å². The molecule has 0 radical (unpaired) electrons. The van der Waals surface area contributed by atoms with Crippen LogP contribution in [0.4, 0.5) is 23.0 Å². The number of aromatic nitrogens is 5. The van der Waals surface area contributed by atoms with Crippen molar-refractivity contribution in [1.82, 2.24) is 24.9 Å². The topological polar surface area (TPSA) is 310 Å². The first-order valence-electron chi connectivity index (χ1n) is 18.8. The van der Waals surface area contributed by atoms with E-state index in [1.54, 1.807) is 97.1 Å². The number of primary sulfonamides is 1. The molecule has 0 fully saturated rings. The van der Waals surface area contributed by atoms with Crippen LogP contribution >= 0.6 is 0 Å². The lowest BCUT2D eigenvalue weighted by atomic mass is 10.1. The zero-order valence-corrected chi connectivity index (χ0v) is 34.4. The second kappa shape index (κ2) is 19.0. The molecule has 0 unspecified atom stereocenters. The molecule has 0 atom stereocenters. The predicted octanol–water partition coefficient (Wildman–Crippen LogP) is 6.75. The van der Waals surface area contributed by atoms with Gasteiger partial charge in [0.1, 0.15) is 64.8 Å². The fraction of sp³-hybridized carbons (Fsp3) is 0. The minimum atomic E-state index is -4.03. The van der Waals surface area contributed by atoms with Crippen molar-refractivity contribution in [3.05, 3.63) is 151 Å². The fourth-order valence-electron chi connectivity index (χ4n) is 5.92. The molecule has 0 aliphatic carbocycles. The van der Waals surface area contributed by atoms with Gasteiger partial charge in [-0.25, -0.2) is 38.5 Å². The lowest BCUT2D eigenvalue weighted by molar-refractivity contribution is -0.113. The molecule has 19 nitrogen and oxygen atoms in total. The Labute approximate surface area is 370 Å². The number of carbonyl (C=O) groups excluding carboxylic acids is 2. The summed E-state index contributed by atoms with van der Waals surface area (Å²) in [5.74, 6) is -0.0409. The highest BCUT2D eigenvalue weighted by Crippen LogP contribution is 2.38. The highest BCUT2D eigenvalue weighted by atomic mass is 32.2. The Morgan fingerprint density at radius 3 is 1.80 bits per heavy atom. The third kappa shape index (κ3) is 10.7. The highest BCUT2D eigenvalue weighted by molar-refractivity contribution is 7.89. The number of nitriles is 2. The van der Waals surface area contributed by atoms with Crippen molar-refractivity contribution in [1.29, 1.82) is 10.5 Å². The Balaban J connectivity index is 1.03. The SMILES string of the molecule is C=C(C#N)C(=O)Nc1cccc(Oc2ncnc(N)c2-c2ccc(Oc3cccc(C=C(C#N)C(=O)Nc4cccc(Oc5ncnc(N)c5-c5cccc(S(N)(=O)=O)c5)c4)n3)cc2)c1. The molecule has 0 aliphatic heterocycles. The summed E-state index contributed by atoms with van der Waals surface area (Å²) in [6.45, 7) is 3.41. The van der Waals surface area contributed by atoms with E-state index in [1.165, 1.54) is 43.0 Å². The molecule has 0 saturated carbocycles. The predicted molar refractivity (Wildman–Crippen MR) is 238 cm³/mol. The van der Waals surface area contributed by atoms with E-state index in [2.05, 4.69) is 42.1 Å². The lowest BCUT2D eigenvalue weighted by Gasteiger charge is -2.13. The molecular formula is C45H32N12O7S. The smallest absolute Gasteiger partial charge is 0.266 e. The zero-order chi connectivity index (χ0) is 46.1. The normalized spacial score (nSPS) is 11.0. The number of nitrogens with one attached hydrogen (secondary N) is 2. The van der Waals surface area contributed by atoms with Gasteiger partial charge in [0.05, 0.1) is 21.7 Å². The van der Waals surface area contributed by atoms with E-state index in [4.69, 9.17) is 36.1 Å². The number of amides is 2. The number of hydrogen-bond donors (Lipinski definition) is 5. The van der Waals surface area contributed by atoms with Crippen LogP contribution in [0.3, 0.4) is 0 Å². The maximum atomic E-state index is 13.3. The monoisotopic (exact) mass is 884 g/mol. The number of anilines is 4.